The van der Waals surface area contributed by atoms with Crippen LogP contribution in [-0.4, -0.2) is 75.7 Å². The number of hydrogen-bond acceptors (Lipinski definition) is 12. The molecule has 0 bridgehead atoms. The molecule has 252 valence electrons. The number of carbonyl (C=O) groups is 3. The zero-order valence-corrected chi connectivity index (χ0v) is 26.7. The molecule has 0 fully saturated rings. The Morgan fingerprint density at radius 3 is 0.875 bits per heavy atom. The SMILES string of the molecule is COc1ccc(NC(=O)Nc2nc(NC(=O)Nc3ccc(OC)c(OC)c3)nc(NC(=O)Nc3ccc(OC)c(OC)c3)n2)cc1OC. The first kappa shape index (κ1) is 34.2. The van der Waals surface area contributed by atoms with Gasteiger partial charge >= 0.3 is 18.1 Å². The van der Waals surface area contributed by atoms with Gasteiger partial charge in [-0.1, -0.05) is 0 Å². The highest BCUT2D eigenvalue weighted by Gasteiger charge is 2.16. The molecule has 0 unspecified atom stereocenters. The number of hydrogen-bond donors (Lipinski definition) is 6. The number of rotatable bonds is 12. The average molecular weight is 664 g/mol. The van der Waals surface area contributed by atoms with E-state index in [0.29, 0.717) is 51.6 Å². The summed E-state index contributed by atoms with van der Waals surface area (Å²) in [4.78, 5) is 50.9. The van der Waals surface area contributed by atoms with Gasteiger partial charge in [0.25, 0.3) is 0 Å². The van der Waals surface area contributed by atoms with Gasteiger partial charge in [-0.3, -0.25) is 16.0 Å². The van der Waals surface area contributed by atoms with E-state index >= 15 is 0 Å². The largest absolute Gasteiger partial charge is 0.493 e. The molecule has 0 spiro atoms. The number of carbonyl (C=O) groups excluding carboxylic acids is 3. The van der Waals surface area contributed by atoms with Crippen LogP contribution in [0.15, 0.2) is 54.6 Å². The Morgan fingerprint density at radius 1 is 0.396 bits per heavy atom. The summed E-state index contributed by atoms with van der Waals surface area (Å²) in [5.74, 6) is 1.60. The highest BCUT2D eigenvalue weighted by molar-refractivity contribution is 6.02. The first-order chi connectivity index (χ1) is 23.2. The van der Waals surface area contributed by atoms with Crippen LogP contribution in [0.4, 0.5) is 49.3 Å². The molecule has 3 aromatic carbocycles. The minimum absolute atomic E-state index is 0.314. The summed E-state index contributed by atoms with van der Waals surface area (Å²) in [6.45, 7) is 0. The molecule has 0 radical (unpaired) electrons. The lowest BCUT2D eigenvalue weighted by molar-refractivity contribution is 0.261. The second-order valence-corrected chi connectivity index (χ2v) is 9.25. The van der Waals surface area contributed by atoms with Gasteiger partial charge < -0.3 is 44.4 Å². The smallest absolute Gasteiger partial charge is 0.326 e. The fourth-order valence-corrected chi connectivity index (χ4v) is 4.08. The third-order valence-electron chi connectivity index (χ3n) is 6.24. The van der Waals surface area contributed by atoms with E-state index in [1.54, 1.807) is 54.6 Å². The molecule has 0 saturated carbocycles. The van der Waals surface area contributed by atoms with Gasteiger partial charge in [0.2, 0.25) is 17.8 Å². The van der Waals surface area contributed by atoms with E-state index in [2.05, 4.69) is 46.9 Å². The molecule has 18 nitrogen and oxygen atoms in total. The van der Waals surface area contributed by atoms with Crippen LogP contribution in [0.1, 0.15) is 0 Å². The van der Waals surface area contributed by atoms with E-state index in [1.165, 1.54) is 42.7 Å². The Morgan fingerprint density at radius 2 is 0.646 bits per heavy atom. The molecule has 0 saturated heterocycles. The number of methoxy groups -OCH3 is 6. The highest BCUT2D eigenvalue weighted by Crippen LogP contribution is 2.31. The number of nitrogens with zero attached hydrogens (tertiary/aromatic N) is 3. The number of benzene rings is 3. The molecule has 1 aromatic heterocycles. The van der Waals surface area contributed by atoms with Crippen molar-refractivity contribution in [1.82, 2.24) is 15.0 Å². The average Bonchev–Trinajstić information content (AvgIpc) is 3.07. The standard InChI is InChI=1S/C30H33N9O9/c1-43-19-10-7-16(13-22(19)46-4)31-28(40)37-25-34-26(38-29(41)32-17-8-11-20(44-2)23(14-17)47-5)36-27(35-25)39-30(42)33-18-9-12-21(45-3)24(15-18)48-6/h7-15H,1-6H3,(H6,31,32,33,34,35,36,37,38,39,40,41,42). The van der Waals surface area contributed by atoms with Crippen molar-refractivity contribution in [3.05, 3.63) is 54.6 Å². The van der Waals surface area contributed by atoms with Crippen molar-refractivity contribution >= 4 is 53.0 Å². The van der Waals surface area contributed by atoms with Crippen LogP contribution in [0, 0.1) is 0 Å². The van der Waals surface area contributed by atoms with E-state index in [-0.39, 0.29) is 17.8 Å². The highest BCUT2D eigenvalue weighted by atomic mass is 16.5. The summed E-state index contributed by atoms with van der Waals surface area (Å²) in [7, 11) is 8.82. The predicted molar refractivity (Wildman–Crippen MR) is 176 cm³/mol. The van der Waals surface area contributed by atoms with Crippen LogP contribution in [0.5, 0.6) is 34.5 Å². The second-order valence-electron chi connectivity index (χ2n) is 9.25. The van der Waals surface area contributed by atoms with Gasteiger partial charge in [-0.25, -0.2) is 14.4 Å². The van der Waals surface area contributed by atoms with E-state index < -0.39 is 18.1 Å². The normalized spacial score (nSPS) is 10.1. The van der Waals surface area contributed by atoms with Gasteiger partial charge in [0.15, 0.2) is 34.5 Å². The maximum Gasteiger partial charge on any atom is 0.326 e. The Bertz CT molecular complexity index is 1570. The Balaban J connectivity index is 1.54. The van der Waals surface area contributed by atoms with Crippen molar-refractivity contribution in [3.63, 3.8) is 0 Å². The summed E-state index contributed by atoms with van der Waals surface area (Å²) in [6.07, 6.45) is 0. The molecule has 48 heavy (non-hydrogen) atoms. The zero-order valence-electron chi connectivity index (χ0n) is 26.7. The van der Waals surface area contributed by atoms with E-state index in [9.17, 15) is 14.4 Å². The van der Waals surface area contributed by atoms with E-state index in [0.717, 1.165) is 0 Å². The molecule has 0 aliphatic rings. The zero-order chi connectivity index (χ0) is 34.6. The van der Waals surface area contributed by atoms with E-state index in [1.807, 2.05) is 0 Å². The van der Waals surface area contributed by atoms with Crippen molar-refractivity contribution in [1.29, 1.82) is 0 Å². The number of anilines is 6. The molecule has 0 atom stereocenters. The van der Waals surface area contributed by atoms with Crippen LogP contribution in [0.3, 0.4) is 0 Å². The lowest BCUT2D eigenvalue weighted by atomic mass is 10.3. The number of nitrogens with one attached hydrogen (secondary N) is 6. The lowest BCUT2D eigenvalue weighted by Gasteiger charge is -2.13. The van der Waals surface area contributed by atoms with Gasteiger partial charge in [-0.05, 0) is 36.4 Å². The van der Waals surface area contributed by atoms with Crippen molar-refractivity contribution in [2.24, 2.45) is 0 Å². The monoisotopic (exact) mass is 663 g/mol. The van der Waals surface area contributed by atoms with Crippen LogP contribution in [0.25, 0.3) is 0 Å². The maximum atomic E-state index is 12.9. The van der Waals surface area contributed by atoms with Crippen molar-refractivity contribution in [2.45, 2.75) is 0 Å². The predicted octanol–water partition coefficient (Wildman–Crippen LogP) is 4.86. The van der Waals surface area contributed by atoms with Crippen LogP contribution < -0.4 is 60.3 Å². The van der Waals surface area contributed by atoms with E-state index in [4.69, 9.17) is 28.4 Å². The molecular weight excluding hydrogens is 630 g/mol. The molecule has 1 heterocycles. The molecule has 0 aliphatic heterocycles. The van der Waals surface area contributed by atoms with Gasteiger partial charge in [0.05, 0.1) is 42.7 Å². The lowest BCUT2D eigenvalue weighted by Crippen LogP contribution is -2.26. The first-order valence-electron chi connectivity index (χ1n) is 13.8. The fourth-order valence-electron chi connectivity index (χ4n) is 4.08. The van der Waals surface area contributed by atoms with Gasteiger partial charge in [0, 0.05) is 35.3 Å². The van der Waals surface area contributed by atoms with Gasteiger partial charge in [-0.15, -0.1) is 0 Å². The third-order valence-corrected chi connectivity index (χ3v) is 6.24. The molecule has 6 N–H and O–H groups in total. The Hall–Kier alpha value is -6.72. The Kier molecular flexibility index (Phi) is 11.4. The summed E-state index contributed by atoms with van der Waals surface area (Å²) >= 11 is 0. The molecule has 4 aromatic rings. The van der Waals surface area contributed by atoms with Crippen molar-refractivity contribution in [3.8, 4) is 34.5 Å². The second kappa shape index (κ2) is 16.0. The van der Waals surface area contributed by atoms with Gasteiger partial charge in [0.1, 0.15) is 0 Å². The van der Waals surface area contributed by atoms with Crippen LogP contribution in [0.2, 0.25) is 0 Å². The van der Waals surface area contributed by atoms with Crippen LogP contribution >= 0.6 is 0 Å². The molecule has 0 aliphatic carbocycles. The Labute approximate surface area is 274 Å². The minimum Gasteiger partial charge on any atom is -0.493 e. The summed E-state index contributed by atoms with van der Waals surface area (Å²) in [6, 6.07) is 12.0. The quantitative estimate of drug-likeness (QED) is 0.120. The van der Waals surface area contributed by atoms with Crippen LogP contribution in [-0.2, 0) is 0 Å². The molecule has 18 heteroatoms. The number of ether oxygens (including phenoxy) is 6. The van der Waals surface area contributed by atoms with Crippen molar-refractivity contribution < 1.29 is 42.8 Å². The number of urea groups is 3. The van der Waals surface area contributed by atoms with Crippen molar-refractivity contribution in [2.75, 3.05) is 74.6 Å². The molecule has 4 rings (SSSR count). The topological polar surface area (TPSA) is 217 Å². The third kappa shape index (κ3) is 8.93. The van der Waals surface area contributed by atoms with Gasteiger partial charge in [-0.2, -0.15) is 15.0 Å². The summed E-state index contributed by atoms with van der Waals surface area (Å²) in [5, 5.41) is 15.2. The first-order valence-corrected chi connectivity index (χ1v) is 13.8. The molecule has 6 amide bonds. The summed E-state index contributed by atoms with van der Waals surface area (Å²) < 4.78 is 31.5. The number of aromatic nitrogens is 3. The summed E-state index contributed by atoms with van der Waals surface area (Å²) in [5.41, 5.74) is 1.08. The maximum absolute atomic E-state index is 12.9. The fraction of sp³-hybridized carbons (Fsp3) is 0.200. The molecular formula is C30H33N9O9. The number of amides is 6. The minimum atomic E-state index is -0.755.